The summed E-state index contributed by atoms with van der Waals surface area (Å²) in [4.78, 5) is 11.1. The van der Waals surface area contributed by atoms with E-state index in [0.717, 1.165) is 0 Å². The van der Waals surface area contributed by atoms with Crippen LogP contribution in [0.1, 0.15) is 6.92 Å². The maximum Gasteiger partial charge on any atom is 0.234 e. The van der Waals surface area contributed by atoms with Gasteiger partial charge in [0.2, 0.25) is 5.91 Å². The van der Waals surface area contributed by atoms with Gasteiger partial charge in [-0.05, 0) is 13.2 Å². The van der Waals surface area contributed by atoms with E-state index in [4.69, 9.17) is 10.4 Å². The first-order chi connectivity index (χ1) is 7.15. The molecular formula is C9H17N3O2S. The summed E-state index contributed by atoms with van der Waals surface area (Å²) in [5, 5.41) is 22.7. The summed E-state index contributed by atoms with van der Waals surface area (Å²) in [6, 6.07) is 1.88. The van der Waals surface area contributed by atoms with E-state index in [1.165, 1.54) is 0 Å². The van der Waals surface area contributed by atoms with Gasteiger partial charge in [0.1, 0.15) is 6.54 Å². The molecule has 86 valence electrons. The number of carbonyl (C=O) groups excluding carboxylic acids is 1. The molecule has 2 atom stereocenters. The minimum Gasteiger partial charge on any atom is -0.395 e. The van der Waals surface area contributed by atoms with Crippen LogP contribution < -0.4 is 10.6 Å². The molecule has 2 unspecified atom stereocenters. The van der Waals surface area contributed by atoms with Gasteiger partial charge in [-0.2, -0.15) is 17.0 Å². The second kappa shape index (κ2) is 8.53. The molecule has 0 saturated carbocycles. The highest BCUT2D eigenvalue weighted by Gasteiger charge is 2.15. The van der Waals surface area contributed by atoms with Gasteiger partial charge in [-0.25, -0.2) is 0 Å². The molecule has 0 aromatic rings. The number of aliphatic hydroxyl groups is 1. The zero-order valence-corrected chi connectivity index (χ0v) is 9.80. The minimum absolute atomic E-state index is 0.0286. The van der Waals surface area contributed by atoms with E-state index in [1.807, 2.05) is 19.2 Å². The quantitative estimate of drug-likeness (QED) is 0.506. The van der Waals surface area contributed by atoms with Crippen LogP contribution in [0.5, 0.6) is 0 Å². The van der Waals surface area contributed by atoms with Gasteiger partial charge in [-0.3, -0.25) is 4.79 Å². The first-order valence-corrected chi connectivity index (χ1v) is 5.95. The van der Waals surface area contributed by atoms with Crippen LogP contribution in [0.15, 0.2) is 0 Å². The Bertz CT molecular complexity index is 226. The molecule has 3 N–H and O–H groups in total. The highest BCUT2D eigenvalue weighted by Crippen LogP contribution is 2.09. The van der Waals surface area contributed by atoms with Crippen molar-refractivity contribution in [3.8, 4) is 6.07 Å². The Kier molecular flexibility index (Phi) is 8.09. The van der Waals surface area contributed by atoms with Crippen LogP contribution in [0.2, 0.25) is 0 Å². The third-order valence-corrected chi connectivity index (χ3v) is 3.15. The van der Waals surface area contributed by atoms with Crippen LogP contribution in [0.25, 0.3) is 0 Å². The molecule has 1 amide bonds. The normalized spacial score (nSPS) is 14.0. The van der Waals surface area contributed by atoms with Crippen LogP contribution in [0.3, 0.4) is 0 Å². The molecule has 0 aromatic heterocycles. The highest BCUT2D eigenvalue weighted by molar-refractivity contribution is 7.99. The molecule has 0 bridgehead atoms. The Labute approximate surface area is 94.2 Å². The smallest absolute Gasteiger partial charge is 0.234 e. The van der Waals surface area contributed by atoms with Crippen molar-refractivity contribution in [2.24, 2.45) is 0 Å². The third-order valence-electron chi connectivity index (χ3n) is 1.99. The number of hydrogen-bond acceptors (Lipinski definition) is 5. The van der Waals surface area contributed by atoms with Crippen molar-refractivity contribution in [3.63, 3.8) is 0 Å². The number of nitrogens with zero attached hydrogens (tertiary/aromatic N) is 1. The molecule has 0 saturated heterocycles. The van der Waals surface area contributed by atoms with Crippen molar-refractivity contribution in [1.82, 2.24) is 10.6 Å². The predicted molar refractivity (Wildman–Crippen MR) is 60.5 cm³/mol. The summed E-state index contributed by atoms with van der Waals surface area (Å²) in [6.45, 7) is 2.19. The summed E-state index contributed by atoms with van der Waals surface area (Å²) in [6.07, 6.45) is 1.91. The molecule has 0 aliphatic carbocycles. The topological polar surface area (TPSA) is 85.2 Å². The second-order valence-electron chi connectivity index (χ2n) is 3.06. The molecule has 0 aliphatic heterocycles. The molecule has 5 nitrogen and oxygen atoms in total. The first kappa shape index (κ1) is 14.2. The summed E-state index contributed by atoms with van der Waals surface area (Å²) >= 11 is 1.55. The molecular weight excluding hydrogens is 214 g/mol. The van der Waals surface area contributed by atoms with Crippen molar-refractivity contribution < 1.29 is 9.90 Å². The van der Waals surface area contributed by atoms with Crippen LogP contribution in [-0.2, 0) is 4.79 Å². The summed E-state index contributed by atoms with van der Waals surface area (Å²) < 4.78 is 0. The molecule has 0 radical (unpaired) electrons. The minimum atomic E-state index is -0.207. The Morgan fingerprint density at radius 2 is 2.33 bits per heavy atom. The summed E-state index contributed by atoms with van der Waals surface area (Å²) in [5.41, 5.74) is 0. The summed E-state index contributed by atoms with van der Waals surface area (Å²) in [5.74, 6) is -0.207. The van der Waals surface area contributed by atoms with Crippen molar-refractivity contribution in [2.75, 3.05) is 26.0 Å². The number of nitrogens with one attached hydrogen (secondary N) is 2. The second-order valence-corrected chi connectivity index (χ2v) is 4.14. The number of nitriles is 1. The monoisotopic (exact) mass is 231 g/mol. The van der Waals surface area contributed by atoms with Gasteiger partial charge < -0.3 is 15.7 Å². The van der Waals surface area contributed by atoms with E-state index in [0.29, 0.717) is 0 Å². The third kappa shape index (κ3) is 6.33. The largest absolute Gasteiger partial charge is 0.395 e. The van der Waals surface area contributed by atoms with Crippen LogP contribution >= 0.6 is 11.8 Å². The van der Waals surface area contributed by atoms with E-state index >= 15 is 0 Å². The number of hydrogen-bond donors (Lipinski definition) is 3. The summed E-state index contributed by atoms with van der Waals surface area (Å²) in [7, 11) is 0. The van der Waals surface area contributed by atoms with Crippen molar-refractivity contribution >= 4 is 17.7 Å². The Morgan fingerprint density at radius 1 is 1.67 bits per heavy atom. The lowest BCUT2D eigenvalue weighted by molar-refractivity contribution is -0.120. The van der Waals surface area contributed by atoms with Crippen molar-refractivity contribution in [1.29, 1.82) is 5.26 Å². The average molecular weight is 231 g/mol. The van der Waals surface area contributed by atoms with Crippen LogP contribution in [0, 0.1) is 11.3 Å². The zero-order chi connectivity index (χ0) is 11.7. The molecule has 0 aliphatic rings. The van der Waals surface area contributed by atoms with Crippen LogP contribution in [-0.4, -0.2) is 48.3 Å². The lowest BCUT2D eigenvalue weighted by atomic mass is 10.2. The van der Waals surface area contributed by atoms with Crippen molar-refractivity contribution in [3.05, 3.63) is 0 Å². The van der Waals surface area contributed by atoms with E-state index in [9.17, 15) is 4.79 Å². The molecule has 0 fully saturated rings. The van der Waals surface area contributed by atoms with Gasteiger partial charge in [0.15, 0.2) is 0 Å². The van der Waals surface area contributed by atoms with E-state index in [-0.39, 0.29) is 36.9 Å². The lowest BCUT2D eigenvalue weighted by Crippen LogP contribution is -2.43. The number of rotatable bonds is 7. The SMILES string of the molecule is CSC(CO)C(C)NCC(=O)NCC#N. The predicted octanol–water partition coefficient (Wildman–Crippen LogP) is -0.672. The maximum atomic E-state index is 11.1. The fourth-order valence-corrected chi connectivity index (χ4v) is 1.68. The molecule has 0 spiro atoms. The van der Waals surface area contributed by atoms with E-state index in [2.05, 4.69) is 10.6 Å². The Hall–Kier alpha value is -0.770. The molecule has 0 rings (SSSR count). The maximum absolute atomic E-state index is 11.1. The number of aliphatic hydroxyl groups excluding tert-OH is 1. The molecule has 0 heterocycles. The first-order valence-electron chi connectivity index (χ1n) is 4.66. The molecule has 0 aromatic carbocycles. The Balaban J connectivity index is 3.74. The van der Waals surface area contributed by atoms with Gasteiger partial charge in [0.25, 0.3) is 0 Å². The van der Waals surface area contributed by atoms with Crippen LogP contribution in [0.4, 0.5) is 0 Å². The van der Waals surface area contributed by atoms with Crippen molar-refractivity contribution in [2.45, 2.75) is 18.2 Å². The van der Waals surface area contributed by atoms with Gasteiger partial charge in [-0.1, -0.05) is 0 Å². The molecule has 6 heteroatoms. The van der Waals surface area contributed by atoms with Gasteiger partial charge >= 0.3 is 0 Å². The standard InChI is InChI=1S/C9H17N3O2S/c1-7(8(6-13)15-2)12-5-9(14)11-4-3-10/h7-8,12-13H,4-6H2,1-2H3,(H,11,14). The van der Waals surface area contributed by atoms with Gasteiger partial charge in [0, 0.05) is 11.3 Å². The van der Waals surface area contributed by atoms with E-state index in [1.54, 1.807) is 11.8 Å². The van der Waals surface area contributed by atoms with Gasteiger partial charge in [-0.15, -0.1) is 0 Å². The Morgan fingerprint density at radius 3 is 2.80 bits per heavy atom. The number of thioether (sulfide) groups is 1. The highest BCUT2D eigenvalue weighted by atomic mass is 32.2. The molecule has 15 heavy (non-hydrogen) atoms. The number of carbonyl (C=O) groups is 1. The van der Waals surface area contributed by atoms with Gasteiger partial charge in [0.05, 0.1) is 19.2 Å². The fourth-order valence-electron chi connectivity index (χ4n) is 1.02. The average Bonchev–Trinajstić information content (AvgIpc) is 2.25. The van der Waals surface area contributed by atoms with E-state index < -0.39 is 0 Å². The number of amides is 1. The lowest BCUT2D eigenvalue weighted by Gasteiger charge is -2.20. The zero-order valence-electron chi connectivity index (χ0n) is 8.99. The fraction of sp³-hybridized carbons (Fsp3) is 0.778.